The van der Waals surface area contributed by atoms with E-state index < -0.39 is 46.7 Å². The van der Waals surface area contributed by atoms with Crippen LogP contribution in [0.5, 0.6) is 5.75 Å². The van der Waals surface area contributed by atoms with Crippen molar-refractivity contribution in [3.8, 4) is 5.75 Å². The molecule has 0 atom stereocenters. The minimum atomic E-state index is -3.04. The average molecular weight is 593 g/mol. The molecule has 2 aromatic carbocycles. The predicted molar refractivity (Wildman–Crippen MR) is 153 cm³/mol. The molecule has 0 heterocycles. The molecule has 0 N–H and O–H groups in total. The number of benzene rings is 2. The van der Waals surface area contributed by atoms with Crippen LogP contribution in [0.1, 0.15) is 105 Å². The van der Waals surface area contributed by atoms with Crippen molar-refractivity contribution in [2.75, 3.05) is 13.2 Å². The van der Waals surface area contributed by atoms with Crippen LogP contribution in [-0.4, -0.2) is 19.2 Å². The number of carbonyl (C=O) groups is 1. The lowest BCUT2D eigenvalue weighted by molar-refractivity contribution is 0.0724. The molecule has 0 unspecified atom stereocenters. The van der Waals surface area contributed by atoms with Crippen LogP contribution in [0.4, 0.5) is 22.0 Å². The second-order valence-electron chi connectivity index (χ2n) is 11.8. The van der Waals surface area contributed by atoms with Crippen molar-refractivity contribution in [3.63, 3.8) is 0 Å². The summed E-state index contributed by atoms with van der Waals surface area (Å²) in [6.07, 6.45) is 14.1. The molecule has 0 radical (unpaired) electrons. The van der Waals surface area contributed by atoms with Crippen LogP contribution in [0, 0.1) is 41.1 Å². The van der Waals surface area contributed by atoms with E-state index in [-0.39, 0.29) is 5.56 Å². The summed E-state index contributed by atoms with van der Waals surface area (Å²) >= 11 is 0. The van der Waals surface area contributed by atoms with Gasteiger partial charge in [-0.1, -0.05) is 50.7 Å². The zero-order valence-electron chi connectivity index (χ0n) is 24.2. The van der Waals surface area contributed by atoms with Gasteiger partial charge in [-0.3, -0.25) is 0 Å². The molecule has 3 nitrogen and oxygen atoms in total. The third-order valence-corrected chi connectivity index (χ3v) is 8.96. The molecule has 0 amide bonds. The Morgan fingerprint density at radius 3 is 1.95 bits per heavy atom. The quantitative estimate of drug-likeness (QED) is 0.106. The van der Waals surface area contributed by atoms with E-state index in [9.17, 15) is 26.7 Å². The SMILES string of the molecule is CCOCCC1CCC(CCC2CCC(C=Cc3cc(F)c(C(=O)Oc4ccc(C(F)F)c(F)c4)c(F)c3)CC2)CC1. The van der Waals surface area contributed by atoms with Gasteiger partial charge >= 0.3 is 5.97 Å². The second kappa shape index (κ2) is 15.6. The zero-order valence-corrected chi connectivity index (χ0v) is 24.2. The number of hydrogen-bond acceptors (Lipinski definition) is 3. The van der Waals surface area contributed by atoms with Gasteiger partial charge in [0.25, 0.3) is 6.43 Å². The fourth-order valence-corrected chi connectivity index (χ4v) is 6.38. The van der Waals surface area contributed by atoms with Crippen molar-refractivity contribution >= 4 is 12.0 Å². The molecule has 0 bridgehead atoms. The van der Waals surface area contributed by atoms with E-state index >= 15 is 0 Å². The molecule has 8 heteroatoms. The van der Waals surface area contributed by atoms with E-state index in [2.05, 4.69) is 0 Å². The molecule has 4 rings (SSSR count). The Balaban J connectivity index is 1.22. The molecule has 230 valence electrons. The molecule has 0 spiro atoms. The highest BCUT2D eigenvalue weighted by molar-refractivity contribution is 5.92. The number of esters is 1. The van der Waals surface area contributed by atoms with Gasteiger partial charge in [0.15, 0.2) is 0 Å². The maximum atomic E-state index is 14.7. The number of hydrogen-bond donors (Lipinski definition) is 0. The summed E-state index contributed by atoms with van der Waals surface area (Å²) < 4.78 is 79.0. The van der Waals surface area contributed by atoms with Gasteiger partial charge in [0.05, 0.1) is 5.56 Å². The predicted octanol–water partition coefficient (Wildman–Crippen LogP) is 10.1. The van der Waals surface area contributed by atoms with E-state index in [1.54, 1.807) is 6.08 Å². The molecule has 0 saturated heterocycles. The van der Waals surface area contributed by atoms with Crippen LogP contribution in [-0.2, 0) is 4.74 Å². The minimum Gasteiger partial charge on any atom is -0.423 e. The third kappa shape index (κ3) is 9.13. The second-order valence-corrected chi connectivity index (χ2v) is 11.8. The molecule has 2 aliphatic rings. The number of allylic oxidation sites excluding steroid dienone is 1. The first-order valence-electron chi connectivity index (χ1n) is 15.3. The zero-order chi connectivity index (χ0) is 30.1. The Bertz CT molecular complexity index is 1170. The highest BCUT2D eigenvalue weighted by atomic mass is 19.3. The molecular formula is C34H41F5O3. The van der Waals surface area contributed by atoms with Gasteiger partial charge in [0.1, 0.15) is 28.8 Å². The molecule has 2 aliphatic carbocycles. The van der Waals surface area contributed by atoms with Crippen molar-refractivity contribution in [1.29, 1.82) is 0 Å². The van der Waals surface area contributed by atoms with Crippen molar-refractivity contribution in [2.24, 2.45) is 23.7 Å². The van der Waals surface area contributed by atoms with Crippen LogP contribution in [0.15, 0.2) is 36.4 Å². The Kier molecular flexibility index (Phi) is 12.0. The Morgan fingerprint density at radius 2 is 1.40 bits per heavy atom. The Morgan fingerprint density at radius 1 is 0.833 bits per heavy atom. The average Bonchev–Trinajstić information content (AvgIpc) is 2.96. The van der Waals surface area contributed by atoms with Crippen molar-refractivity contribution in [1.82, 2.24) is 0 Å². The van der Waals surface area contributed by atoms with E-state index in [0.717, 1.165) is 80.9 Å². The molecule has 0 aromatic heterocycles. The summed E-state index contributed by atoms with van der Waals surface area (Å²) in [6.45, 7) is 3.73. The van der Waals surface area contributed by atoms with Gasteiger partial charge in [-0.2, -0.15) is 0 Å². The van der Waals surface area contributed by atoms with Crippen molar-refractivity contribution in [3.05, 3.63) is 70.5 Å². The smallest absolute Gasteiger partial charge is 0.349 e. The van der Waals surface area contributed by atoms with Crippen LogP contribution in [0.2, 0.25) is 0 Å². The summed E-state index contributed by atoms with van der Waals surface area (Å²) in [5, 5.41) is 0. The van der Waals surface area contributed by atoms with Gasteiger partial charge in [-0.15, -0.1) is 0 Å². The van der Waals surface area contributed by atoms with Crippen LogP contribution >= 0.6 is 0 Å². The summed E-state index contributed by atoms with van der Waals surface area (Å²) in [7, 11) is 0. The van der Waals surface area contributed by atoms with E-state index in [0.29, 0.717) is 12.0 Å². The van der Waals surface area contributed by atoms with E-state index in [1.807, 2.05) is 13.0 Å². The monoisotopic (exact) mass is 592 g/mol. The largest absolute Gasteiger partial charge is 0.423 e. The molecule has 2 saturated carbocycles. The highest BCUT2D eigenvalue weighted by Gasteiger charge is 2.25. The Hall–Kier alpha value is -2.74. The van der Waals surface area contributed by atoms with Crippen LogP contribution < -0.4 is 4.74 Å². The summed E-state index contributed by atoms with van der Waals surface area (Å²) in [5.74, 6) is -2.56. The lowest BCUT2D eigenvalue weighted by Crippen LogP contribution is -2.18. The van der Waals surface area contributed by atoms with Crippen molar-refractivity contribution < 1.29 is 36.2 Å². The first-order chi connectivity index (χ1) is 20.2. The molecule has 2 aromatic rings. The third-order valence-electron chi connectivity index (χ3n) is 8.96. The van der Waals surface area contributed by atoms with Gasteiger partial charge in [-0.05, 0) is 92.5 Å². The van der Waals surface area contributed by atoms with Gasteiger partial charge in [0, 0.05) is 19.3 Å². The minimum absolute atomic E-state index is 0.285. The van der Waals surface area contributed by atoms with Gasteiger partial charge in [0.2, 0.25) is 0 Å². The maximum absolute atomic E-state index is 14.7. The number of carbonyl (C=O) groups excluding carboxylic acids is 1. The summed E-state index contributed by atoms with van der Waals surface area (Å²) in [4.78, 5) is 12.4. The van der Waals surface area contributed by atoms with Crippen molar-refractivity contribution in [2.45, 2.75) is 84.0 Å². The molecule has 42 heavy (non-hydrogen) atoms. The number of rotatable bonds is 12. The number of alkyl halides is 2. The van der Waals surface area contributed by atoms with Gasteiger partial charge < -0.3 is 9.47 Å². The van der Waals surface area contributed by atoms with Crippen LogP contribution in [0.25, 0.3) is 6.08 Å². The highest BCUT2D eigenvalue weighted by Crippen LogP contribution is 2.38. The summed E-state index contributed by atoms with van der Waals surface area (Å²) in [6, 6.07) is 4.38. The first kappa shape index (κ1) is 32.2. The van der Waals surface area contributed by atoms with E-state index in [1.165, 1.54) is 44.9 Å². The number of halogens is 5. The lowest BCUT2D eigenvalue weighted by Gasteiger charge is -2.31. The molecular weight excluding hydrogens is 551 g/mol. The maximum Gasteiger partial charge on any atom is 0.349 e. The molecule has 2 fully saturated rings. The molecule has 0 aliphatic heterocycles. The number of ether oxygens (including phenoxy) is 2. The van der Waals surface area contributed by atoms with Gasteiger partial charge in [-0.25, -0.2) is 26.7 Å². The normalized spacial score (nSPS) is 23.0. The van der Waals surface area contributed by atoms with E-state index in [4.69, 9.17) is 9.47 Å². The standard InChI is InChI=1S/C34H41F5O3/c1-2-41-18-17-25-11-9-23(10-12-25)4-3-22-5-7-24(8-6-22)13-14-26-19-30(36)32(31(37)20-26)34(40)42-27-15-16-28(33(38)39)29(35)21-27/h13-16,19-25,33H,2-12,17-18H2,1H3. The first-order valence-corrected chi connectivity index (χ1v) is 15.3. The fraction of sp³-hybridized carbons (Fsp3) is 0.559. The lowest BCUT2D eigenvalue weighted by atomic mass is 9.75. The summed E-state index contributed by atoms with van der Waals surface area (Å²) in [5.41, 5.74) is -1.50. The topological polar surface area (TPSA) is 35.5 Å². The Labute approximate surface area is 245 Å². The fourth-order valence-electron chi connectivity index (χ4n) is 6.38. The van der Waals surface area contributed by atoms with Crippen LogP contribution in [0.3, 0.4) is 0 Å².